The average Bonchev–Trinajstić information content (AvgIpc) is 2.97. The van der Waals surface area contributed by atoms with Gasteiger partial charge in [-0.1, -0.05) is 35.9 Å². The number of halogens is 1. The zero-order valence-corrected chi connectivity index (χ0v) is 16.8. The highest BCUT2D eigenvalue weighted by Gasteiger charge is 2.10. The monoisotopic (exact) mass is 395 g/mol. The SMILES string of the molecule is Cc1ccc(-n2c(C)cc(/C=N\NC(=O)COc3ccccc3)c2C)cc1Cl. The molecule has 3 rings (SSSR count). The summed E-state index contributed by atoms with van der Waals surface area (Å²) in [5.74, 6) is 0.321. The number of benzene rings is 2. The molecular weight excluding hydrogens is 374 g/mol. The Morgan fingerprint density at radius 2 is 1.89 bits per heavy atom. The van der Waals surface area contributed by atoms with Crippen molar-refractivity contribution >= 4 is 23.7 Å². The van der Waals surface area contributed by atoms with Crippen LogP contribution in [0.15, 0.2) is 59.7 Å². The number of carbonyl (C=O) groups excluding carboxylic acids is 1. The van der Waals surface area contributed by atoms with Gasteiger partial charge in [0.25, 0.3) is 5.91 Å². The van der Waals surface area contributed by atoms with Gasteiger partial charge < -0.3 is 9.30 Å². The van der Waals surface area contributed by atoms with Gasteiger partial charge in [-0.2, -0.15) is 5.10 Å². The largest absolute Gasteiger partial charge is 0.484 e. The van der Waals surface area contributed by atoms with Crippen molar-refractivity contribution < 1.29 is 9.53 Å². The molecule has 2 aromatic carbocycles. The molecule has 6 heteroatoms. The van der Waals surface area contributed by atoms with Crippen LogP contribution in [-0.2, 0) is 4.79 Å². The van der Waals surface area contributed by atoms with E-state index in [1.54, 1.807) is 18.3 Å². The molecule has 0 bridgehead atoms. The third-order valence-electron chi connectivity index (χ3n) is 4.39. The molecule has 144 valence electrons. The molecule has 1 amide bonds. The Labute approximate surface area is 169 Å². The number of hydrogen-bond donors (Lipinski definition) is 1. The van der Waals surface area contributed by atoms with Crippen LogP contribution in [0, 0.1) is 20.8 Å². The van der Waals surface area contributed by atoms with E-state index >= 15 is 0 Å². The fourth-order valence-corrected chi connectivity index (χ4v) is 3.08. The maximum absolute atomic E-state index is 11.9. The molecule has 0 radical (unpaired) electrons. The van der Waals surface area contributed by atoms with E-state index in [1.165, 1.54) is 0 Å². The van der Waals surface area contributed by atoms with Gasteiger partial charge in [-0.05, 0) is 56.7 Å². The summed E-state index contributed by atoms with van der Waals surface area (Å²) in [7, 11) is 0. The van der Waals surface area contributed by atoms with Crippen LogP contribution in [0.1, 0.15) is 22.5 Å². The van der Waals surface area contributed by atoms with Gasteiger partial charge in [0.05, 0.1) is 6.21 Å². The zero-order valence-electron chi connectivity index (χ0n) is 16.1. The second-order valence-corrected chi connectivity index (χ2v) is 6.90. The number of hydrazone groups is 1. The van der Waals surface area contributed by atoms with Crippen LogP contribution >= 0.6 is 11.6 Å². The summed E-state index contributed by atoms with van der Waals surface area (Å²) in [5, 5.41) is 4.78. The van der Waals surface area contributed by atoms with E-state index in [2.05, 4.69) is 15.1 Å². The summed E-state index contributed by atoms with van der Waals surface area (Å²) < 4.78 is 7.50. The molecule has 5 nitrogen and oxygen atoms in total. The molecule has 0 saturated carbocycles. The Balaban J connectivity index is 1.66. The fraction of sp³-hybridized carbons (Fsp3) is 0.182. The van der Waals surface area contributed by atoms with Crippen molar-refractivity contribution in [2.75, 3.05) is 6.61 Å². The summed E-state index contributed by atoms with van der Waals surface area (Å²) >= 11 is 6.27. The number of ether oxygens (including phenoxy) is 1. The maximum Gasteiger partial charge on any atom is 0.277 e. The molecule has 1 heterocycles. The Bertz CT molecular complexity index is 1010. The average molecular weight is 396 g/mol. The third kappa shape index (κ3) is 4.61. The van der Waals surface area contributed by atoms with E-state index in [0.717, 1.165) is 33.2 Å². The minimum Gasteiger partial charge on any atom is -0.484 e. The number of aromatic nitrogens is 1. The second-order valence-electron chi connectivity index (χ2n) is 6.49. The van der Waals surface area contributed by atoms with Crippen LogP contribution in [0.5, 0.6) is 5.75 Å². The van der Waals surface area contributed by atoms with Crippen molar-refractivity contribution in [3.63, 3.8) is 0 Å². The van der Waals surface area contributed by atoms with Crippen LogP contribution < -0.4 is 10.2 Å². The van der Waals surface area contributed by atoms with E-state index in [9.17, 15) is 4.79 Å². The lowest BCUT2D eigenvalue weighted by molar-refractivity contribution is -0.123. The third-order valence-corrected chi connectivity index (χ3v) is 4.80. The number of hydrogen-bond acceptors (Lipinski definition) is 3. The van der Waals surface area contributed by atoms with Crippen LogP contribution in [0.3, 0.4) is 0 Å². The minimum absolute atomic E-state index is 0.0950. The van der Waals surface area contributed by atoms with Gasteiger partial charge in [0.2, 0.25) is 0 Å². The molecule has 3 aromatic rings. The molecule has 0 aliphatic heterocycles. The molecule has 0 atom stereocenters. The van der Waals surface area contributed by atoms with E-state index in [1.807, 2.05) is 63.2 Å². The molecule has 1 aromatic heterocycles. The number of amides is 1. The van der Waals surface area contributed by atoms with Crippen molar-refractivity contribution in [2.24, 2.45) is 5.10 Å². The summed E-state index contributed by atoms with van der Waals surface area (Å²) in [6.07, 6.45) is 1.63. The first-order valence-electron chi connectivity index (χ1n) is 8.91. The smallest absolute Gasteiger partial charge is 0.277 e. The number of aryl methyl sites for hydroxylation is 2. The van der Waals surface area contributed by atoms with Crippen LogP contribution in [0.4, 0.5) is 0 Å². The standard InChI is InChI=1S/C22H22ClN3O2/c1-15-9-10-19(12-21(15)23)26-16(2)11-18(17(26)3)13-24-25-22(27)14-28-20-7-5-4-6-8-20/h4-13H,14H2,1-3H3,(H,25,27)/b24-13-. The van der Waals surface area contributed by atoms with Gasteiger partial charge in [-0.3, -0.25) is 4.79 Å². The van der Waals surface area contributed by atoms with Gasteiger partial charge in [-0.15, -0.1) is 0 Å². The van der Waals surface area contributed by atoms with E-state index in [-0.39, 0.29) is 12.5 Å². The highest BCUT2D eigenvalue weighted by molar-refractivity contribution is 6.31. The lowest BCUT2D eigenvalue weighted by Gasteiger charge is -2.11. The van der Waals surface area contributed by atoms with Gasteiger partial charge >= 0.3 is 0 Å². The summed E-state index contributed by atoms with van der Waals surface area (Å²) in [6, 6.07) is 17.2. The first-order chi connectivity index (χ1) is 13.5. The molecule has 28 heavy (non-hydrogen) atoms. The number of para-hydroxylation sites is 1. The summed E-state index contributed by atoms with van der Waals surface area (Å²) in [6.45, 7) is 5.90. The van der Waals surface area contributed by atoms with Crippen molar-refractivity contribution in [3.8, 4) is 11.4 Å². The van der Waals surface area contributed by atoms with Crippen molar-refractivity contribution in [1.82, 2.24) is 9.99 Å². The number of rotatable bonds is 6. The molecule has 0 aliphatic carbocycles. The molecule has 0 fully saturated rings. The Morgan fingerprint density at radius 1 is 1.14 bits per heavy atom. The first kappa shape index (κ1) is 19.7. The predicted octanol–water partition coefficient (Wildman–Crippen LogP) is 4.59. The minimum atomic E-state index is -0.320. The van der Waals surface area contributed by atoms with Crippen molar-refractivity contribution in [2.45, 2.75) is 20.8 Å². The molecule has 0 aliphatic rings. The van der Waals surface area contributed by atoms with Crippen molar-refractivity contribution in [3.05, 3.63) is 82.1 Å². The highest BCUT2D eigenvalue weighted by Crippen LogP contribution is 2.24. The number of nitrogens with one attached hydrogen (secondary N) is 1. The maximum atomic E-state index is 11.9. The highest BCUT2D eigenvalue weighted by atomic mass is 35.5. The summed E-state index contributed by atoms with van der Waals surface area (Å²) in [4.78, 5) is 11.9. The normalized spacial score (nSPS) is 11.0. The molecule has 0 unspecified atom stereocenters. The molecule has 0 saturated heterocycles. The molecule has 0 spiro atoms. The van der Waals surface area contributed by atoms with Gasteiger partial charge in [0.1, 0.15) is 5.75 Å². The molecule has 1 N–H and O–H groups in total. The van der Waals surface area contributed by atoms with E-state index in [4.69, 9.17) is 16.3 Å². The summed E-state index contributed by atoms with van der Waals surface area (Å²) in [5.41, 5.74) is 7.50. The van der Waals surface area contributed by atoms with Gasteiger partial charge in [0.15, 0.2) is 6.61 Å². The van der Waals surface area contributed by atoms with Gasteiger partial charge in [0, 0.05) is 27.7 Å². The number of carbonyl (C=O) groups is 1. The van der Waals surface area contributed by atoms with Crippen LogP contribution in [0.25, 0.3) is 5.69 Å². The Morgan fingerprint density at radius 3 is 2.61 bits per heavy atom. The van der Waals surface area contributed by atoms with Crippen LogP contribution in [-0.4, -0.2) is 23.3 Å². The zero-order chi connectivity index (χ0) is 20.1. The topological polar surface area (TPSA) is 55.6 Å². The van der Waals surface area contributed by atoms with E-state index in [0.29, 0.717) is 5.75 Å². The quantitative estimate of drug-likeness (QED) is 0.490. The predicted molar refractivity (Wildman–Crippen MR) is 113 cm³/mol. The Hall–Kier alpha value is -3.05. The number of nitrogens with zero attached hydrogens (tertiary/aromatic N) is 2. The Kier molecular flexibility index (Phi) is 6.16. The second kappa shape index (κ2) is 8.76. The lowest BCUT2D eigenvalue weighted by Crippen LogP contribution is -2.24. The fourth-order valence-electron chi connectivity index (χ4n) is 2.91. The van der Waals surface area contributed by atoms with Crippen molar-refractivity contribution in [1.29, 1.82) is 0 Å². The first-order valence-corrected chi connectivity index (χ1v) is 9.28. The lowest BCUT2D eigenvalue weighted by atomic mass is 10.2. The van der Waals surface area contributed by atoms with Gasteiger partial charge in [-0.25, -0.2) is 5.43 Å². The molecular formula is C22H22ClN3O2. The van der Waals surface area contributed by atoms with E-state index < -0.39 is 0 Å². The van der Waals surface area contributed by atoms with Crippen LogP contribution in [0.2, 0.25) is 5.02 Å².